The first-order chi connectivity index (χ1) is 13.7. The van der Waals surface area contributed by atoms with Gasteiger partial charge in [0.1, 0.15) is 17.7 Å². The molecule has 2 atom stereocenters. The lowest BCUT2D eigenvalue weighted by molar-refractivity contribution is 0.133. The van der Waals surface area contributed by atoms with E-state index in [2.05, 4.69) is 34.2 Å². The van der Waals surface area contributed by atoms with Gasteiger partial charge in [-0.05, 0) is 62.9 Å². The van der Waals surface area contributed by atoms with Gasteiger partial charge in [0.05, 0.1) is 5.69 Å². The predicted molar refractivity (Wildman–Crippen MR) is 110 cm³/mol. The van der Waals surface area contributed by atoms with Crippen molar-refractivity contribution in [2.75, 3.05) is 4.90 Å². The Bertz CT molecular complexity index is 951. The van der Waals surface area contributed by atoms with E-state index >= 15 is 0 Å². The quantitative estimate of drug-likeness (QED) is 0.676. The number of para-hydroxylation sites is 1. The molecule has 0 radical (unpaired) electrons. The molecule has 1 aliphatic heterocycles. The van der Waals surface area contributed by atoms with Crippen LogP contribution in [0.25, 0.3) is 11.3 Å². The molecular formula is C23H25N3O2. The van der Waals surface area contributed by atoms with E-state index in [1.807, 2.05) is 36.4 Å². The third-order valence-corrected chi connectivity index (χ3v) is 5.88. The third kappa shape index (κ3) is 3.06. The van der Waals surface area contributed by atoms with Crippen molar-refractivity contribution in [1.82, 2.24) is 10.2 Å². The van der Waals surface area contributed by atoms with E-state index in [0.717, 1.165) is 59.7 Å². The summed E-state index contributed by atoms with van der Waals surface area (Å²) in [4.78, 5) is 2.20. The summed E-state index contributed by atoms with van der Waals surface area (Å²) >= 11 is 0. The number of aromatic nitrogens is 2. The molecule has 0 spiro atoms. The molecular weight excluding hydrogens is 350 g/mol. The van der Waals surface area contributed by atoms with Crippen LogP contribution in [0.4, 0.5) is 5.69 Å². The highest BCUT2D eigenvalue weighted by Crippen LogP contribution is 2.46. The Balaban J connectivity index is 1.64. The third-order valence-electron chi connectivity index (χ3n) is 5.88. The Morgan fingerprint density at radius 3 is 2.64 bits per heavy atom. The zero-order valence-corrected chi connectivity index (χ0v) is 16.0. The van der Waals surface area contributed by atoms with Gasteiger partial charge in [0.2, 0.25) is 0 Å². The first-order valence-corrected chi connectivity index (χ1v) is 10.1. The van der Waals surface area contributed by atoms with Crippen LogP contribution in [0.5, 0.6) is 11.5 Å². The number of H-pyrrole nitrogens is 1. The van der Waals surface area contributed by atoms with Gasteiger partial charge in [-0.15, -0.1) is 0 Å². The van der Waals surface area contributed by atoms with Gasteiger partial charge in [0, 0.05) is 35.0 Å². The van der Waals surface area contributed by atoms with Crippen LogP contribution in [0.2, 0.25) is 0 Å². The maximum absolute atomic E-state index is 10.9. The van der Waals surface area contributed by atoms with Crippen molar-refractivity contribution < 1.29 is 9.84 Å². The average Bonchev–Trinajstić information content (AvgIpc) is 3.43. The number of aromatic amines is 1. The topological polar surface area (TPSA) is 61.4 Å². The molecule has 144 valence electrons. The highest BCUT2D eigenvalue weighted by Gasteiger charge is 2.39. The van der Waals surface area contributed by atoms with E-state index in [4.69, 9.17) is 4.74 Å². The number of aliphatic hydroxyl groups excluding tert-OH is 1. The summed E-state index contributed by atoms with van der Waals surface area (Å²) in [6.07, 6.45) is 5.48. The lowest BCUT2D eigenvalue weighted by atomic mass is 9.92. The van der Waals surface area contributed by atoms with Crippen LogP contribution in [0.1, 0.15) is 31.7 Å². The number of fused-ring (bicyclic) bond motifs is 1. The summed E-state index contributed by atoms with van der Waals surface area (Å²) in [7, 11) is 0. The van der Waals surface area contributed by atoms with Crippen LogP contribution in [0, 0.1) is 5.92 Å². The maximum atomic E-state index is 10.9. The number of nitrogens with one attached hydrogen (secondary N) is 1. The molecule has 5 nitrogen and oxygen atoms in total. The van der Waals surface area contributed by atoms with E-state index in [1.165, 1.54) is 0 Å². The van der Waals surface area contributed by atoms with Crippen molar-refractivity contribution in [2.45, 2.75) is 44.9 Å². The summed E-state index contributed by atoms with van der Waals surface area (Å²) in [6, 6.07) is 16.4. The minimum atomic E-state index is -0.420. The molecule has 2 heterocycles. The minimum absolute atomic E-state index is 0.311. The molecule has 1 saturated carbocycles. The first-order valence-electron chi connectivity index (χ1n) is 10.1. The smallest absolute Gasteiger partial charge is 0.142 e. The van der Waals surface area contributed by atoms with Gasteiger partial charge >= 0.3 is 0 Å². The fourth-order valence-corrected chi connectivity index (χ4v) is 4.20. The first kappa shape index (κ1) is 17.3. The van der Waals surface area contributed by atoms with Crippen molar-refractivity contribution >= 4 is 5.69 Å². The lowest BCUT2D eigenvalue weighted by Gasteiger charge is -2.41. The molecule has 3 aromatic rings. The Hall–Kier alpha value is -2.79. The summed E-state index contributed by atoms with van der Waals surface area (Å²) in [6.45, 7) is 2.20. The standard InChI is InChI=1S/C23H25N3O2/c1-15-7-10-19-21(26(15)23(27)16-8-9-16)12-11-18(20-13-14-24-25-20)22(19)28-17-5-3-2-4-6-17/h2-6,11-16,23,27H,7-10H2,1H3,(H,24,25)/t15-,23?/m0/s1. The zero-order chi connectivity index (χ0) is 19.1. The molecule has 5 rings (SSSR count). The molecule has 2 N–H and O–H groups in total. The monoisotopic (exact) mass is 375 g/mol. The van der Waals surface area contributed by atoms with E-state index in [-0.39, 0.29) is 0 Å². The van der Waals surface area contributed by atoms with Crippen LogP contribution in [-0.2, 0) is 6.42 Å². The lowest BCUT2D eigenvalue weighted by Crippen LogP contribution is -2.46. The summed E-state index contributed by atoms with van der Waals surface area (Å²) in [5.74, 6) is 2.05. The number of ether oxygens (including phenoxy) is 1. The van der Waals surface area contributed by atoms with Crippen LogP contribution in [0.15, 0.2) is 54.7 Å². The van der Waals surface area contributed by atoms with Crippen LogP contribution in [0.3, 0.4) is 0 Å². The van der Waals surface area contributed by atoms with Gasteiger partial charge in [-0.25, -0.2) is 0 Å². The number of nitrogens with zero attached hydrogens (tertiary/aromatic N) is 2. The largest absolute Gasteiger partial charge is 0.456 e. The Kier molecular flexibility index (Phi) is 4.32. The minimum Gasteiger partial charge on any atom is -0.456 e. The normalized spacial score (nSPS) is 19.9. The van der Waals surface area contributed by atoms with Crippen molar-refractivity contribution in [1.29, 1.82) is 0 Å². The Morgan fingerprint density at radius 1 is 1.11 bits per heavy atom. The Labute approximate surface area is 165 Å². The van der Waals surface area contributed by atoms with Crippen molar-refractivity contribution in [2.24, 2.45) is 5.92 Å². The highest BCUT2D eigenvalue weighted by atomic mass is 16.5. The molecule has 1 aromatic heterocycles. The van der Waals surface area contributed by atoms with Crippen LogP contribution < -0.4 is 9.64 Å². The number of aliphatic hydroxyl groups is 1. The molecule has 1 unspecified atom stereocenters. The molecule has 0 amide bonds. The molecule has 0 bridgehead atoms. The molecule has 1 aliphatic carbocycles. The maximum Gasteiger partial charge on any atom is 0.142 e. The molecule has 2 aliphatic rings. The fourth-order valence-electron chi connectivity index (χ4n) is 4.20. The molecule has 5 heteroatoms. The van der Waals surface area contributed by atoms with E-state index in [1.54, 1.807) is 6.20 Å². The van der Waals surface area contributed by atoms with Crippen molar-refractivity contribution in [3.63, 3.8) is 0 Å². The number of rotatable bonds is 5. The van der Waals surface area contributed by atoms with Gasteiger partial charge < -0.3 is 14.7 Å². The van der Waals surface area contributed by atoms with Crippen LogP contribution in [-0.4, -0.2) is 27.6 Å². The number of hydrogen-bond acceptors (Lipinski definition) is 4. The second kappa shape index (κ2) is 6.99. The second-order valence-electron chi connectivity index (χ2n) is 7.87. The van der Waals surface area contributed by atoms with Crippen LogP contribution >= 0.6 is 0 Å². The zero-order valence-electron chi connectivity index (χ0n) is 16.0. The number of benzene rings is 2. The number of anilines is 1. The molecule has 1 fully saturated rings. The van der Waals surface area contributed by atoms with Gasteiger partial charge in [0.25, 0.3) is 0 Å². The van der Waals surface area contributed by atoms with Gasteiger partial charge in [-0.2, -0.15) is 5.10 Å². The molecule has 28 heavy (non-hydrogen) atoms. The molecule has 0 saturated heterocycles. The van der Waals surface area contributed by atoms with E-state index in [0.29, 0.717) is 12.0 Å². The Morgan fingerprint density at radius 2 is 1.93 bits per heavy atom. The van der Waals surface area contributed by atoms with Gasteiger partial charge in [-0.3, -0.25) is 5.10 Å². The summed E-state index contributed by atoms with van der Waals surface area (Å²) in [5.41, 5.74) is 4.18. The van der Waals surface area contributed by atoms with E-state index < -0.39 is 6.23 Å². The fraction of sp³-hybridized carbons (Fsp3) is 0.348. The van der Waals surface area contributed by atoms with Gasteiger partial charge in [0.15, 0.2) is 0 Å². The molecule has 2 aromatic carbocycles. The average molecular weight is 375 g/mol. The summed E-state index contributed by atoms with van der Waals surface area (Å²) in [5, 5.41) is 18.1. The number of hydrogen-bond donors (Lipinski definition) is 2. The highest BCUT2D eigenvalue weighted by molar-refractivity contribution is 5.76. The SMILES string of the molecule is C[C@H]1CCc2c(ccc(-c3ccn[nH]3)c2Oc2ccccc2)N1C(O)C1CC1. The van der Waals surface area contributed by atoms with E-state index in [9.17, 15) is 5.11 Å². The predicted octanol–water partition coefficient (Wildman–Crippen LogP) is 4.74. The van der Waals surface area contributed by atoms with Gasteiger partial charge in [-0.1, -0.05) is 18.2 Å². The summed E-state index contributed by atoms with van der Waals surface area (Å²) < 4.78 is 6.42. The second-order valence-corrected chi connectivity index (χ2v) is 7.87. The van der Waals surface area contributed by atoms with Crippen molar-refractivity contribution in [3.8, 4) is 22.8 Å². The van der Waals surface area contributed by atoms with Crippen molar-refractivity contribution in [3.05, 3.63) is 60.3 Å².